The minimum absolute atomic E-state index is 0.0184. The van der Waals surface area contributed by atoms with Gasteiger partial charge in [-0.15, -0.1) is 0 Å². The van der Waals surface area contributed by atoms with E-state index < -0.39 is 34.9 Å². The van der Waals surface area contributed by atoms with Gasteiger partial charge in [0.15, 0.2) is 0 Å². The van der Waals surface area contributed by atoms with Crippen molar-refractivity contribution in [3.8, 4) is 0 Å². The van der Waals surface area contributed by atoms with E-state index in [-0.39, 0.29) is 29.6 Å². The predicted molar refractivity (Wildman–Crippen MR) is 126 cm³/mol. The summed E-state index contributed by atoms with van der Waals surface area (Å²) in [6.07, 6.45) is -0.882. The summed E-state index contributed by atoms with van der Waals surface area (Å²) in [7, 11) is 3.19. The lowest BCUT2D eigenvalue weighted by atomic mass is 10.2. The first-order chi connectivity index (χ1) is 14.1. The number of carboxylic acids is 2. The third kappa shape index (κ3) is 18.0. The van der Waals surface area contributed by atoms with Crippen molar-refractivity contribution >= 4 is 56.6 Å². The van der Waals surface area contributed by atoms with E-state index >= 15 is 0 Å². The third-order valence-corrected chi connectivity index (χ3v) is 7.24. The van der Waals surface area contributed by atoms with Gasteiger partial charge in [-0.1, -0.05) is 54.1 Å². The first kappa shape index (κ1) is 29.7. The molecule has 180 valence electrons. The second-order valence-electron chi connectivity index (χ2n) is 8.48. The van der Waals surface area contributed by atoms with Crippen LogP contribution < -0.4 is 16.0 Å². The van der Waals surface area contributed by atoms with E-state index in [1.165, 1.54) is 0 Å². The van der Waals surface area contributed by atoms with Crippen molar-refractivity contribution in [2.75, 3.05) is 24.6 Å². The molecule has 0 aliphatic heterocycles. The summed E-state index contributed by atoms with van der Waals surface area (Å²) in [4.78, 5) is 46.2. The second-order valence-corrected chi connectivity index (χ2v) is 12.6. The number of thioether (sulfide) groups is 1. The van der Waals surface area contributed by atoms with Crippen LogP contribution >= 0.6 is 33.3 Å². The number of nitrogens with one attached hydrogen (secondary N) is 3. The fourth-order valence-electron chi connectivity index (χ4n) is 1.79. The number of hydrogen-bond acceptors (Lipinski definition) is 9. The van der Waals surface area contributed by atoms with Gasteiger partial charge in [0.2, 0.25) is 0 Å². The molecule has 0 aromatic carbocycles. The first-order valence-corrected chi connectivity index (χ1v) is 12.8. The van der Waals surface area contributed by atoms with Crippen LogP contribution in [0.4, 0.5) is 9.59 Å². The Bertz CT molecular complexity index is 622. The van der Waals surface area contributed by atoms with E-state index in [2.05, 4.69) is 36.7 Å². The fraction of sp³-hybridized carbons (Fsp3) is 0.778. The van der Waals surface area contributed by atoms with E-state index in [1.54, 1.807) is 42.4 Å². The average molecular weight is 500 g/mol. The quantitative estimate of drug-likeness (QED) is 0.252. The number of carbonyl (C=O) groups is 4. The molecule has 0 saturated heterocycles. The molecule has 0 saturated carbocycles. The topological polar surface area (TPSA) is 154 Å². The largest absolute Gasteiger partial charge is 0.480 e. The summed E-state index contributed by atoms with van der Waals surface area (Å²) in [5.74, 6) is -1.96. The molecule has 0 spiro atoms. The van der Waals surface area contributed by atoms with Crippen LogP contribution in [0.3, 0.4) is 0 Å². The zero-order valence-corrected chi connectivity index (χ0v) is 21.1. The SMILES string of the molecule is CC(C)(C)OC(=O)N[C@@H](CSC(=O)N[C@H](CNCC(=O)O)CSSC(C)(C)C)C(=O)O. The highest BCUT2D eigenvalue weighted by atomic mass is 33.1. The van der Waals surface area contributed by atoms with Gasteiger partial charge in [-0.25, -0.2) is 9.59 Å². The molecule has 13 heteroatoms. The maximum Gasteiger partial charge on any atom is 0.408 e. The van der Waals surface area contributed by atoms with Gasteiger partial charge in [-0.05, 0) is 20.8 Å². The van der Waals surface area contributed by atoms with Gasteiger partial charge in [0.1, 0.15) is 11.6 Å². The maximum atomic E-state index is 12.3. The minimum Gasteiger partial charge on any atom is -0.480 e. The Kier molecular flexibility index (Phi) is 13.4. The molecule has 0 bridgehead atoms. The minimum atomic E-state index is -1.31. The van der Waals surface area contributed by atoms with Crippen LogP contribution in [0.15, 0.2) is 0 Å². The predicted octanol–water partition coefficient (Wildman–Crippen LogP) is 2.63. The molecule has 0 rings (SSSR count). The fourth-order valence-corrected chi connectivity index (χ4v) is 5.13. The summed E-state index contributed by atoms with van der Waals surface area (Å²) in [6.45, 7) is 11.1. The molecule has 0 heterocycles. The number of ether oxygens (including phenoxy) is 1. The van der Waals surface area contributed by atoms with Crippen molar-refractivity contribution in [3.63, 3.8) is 0 Å². The Morgan fingerprint density at radius 2 is 1.58 bits per heavy atom. The van der Waals surface area contributed by atoms with Gasteiger partial charge in [0.05, 0.1) is 12.6 Å². The van der Waals surface area contributed by atoms with E-state index in [1.807, 2.05) is 0 Å². The van der Waals surface area contributed by atoms with Crippen LogP contribution in [0.1, 0.15) is 41.5 Å². The summed E-state index contributed by atoms with van der Waals surface area (Å²) in [6, 6.07) is -1.67. The average Bonchev–Trinajstić information content (AvgIpc) is 2.54. The Balaban J connectivity index is 4.73. The molecular weight excluding hydrogens is 466 g/mol. The molecule has 5 N–H and O–H groups in total. The second kappa shape index (κ2) is 14.0. The zero-order chi connectivity index (χ0) is 24.2. The van der Waals surface area contributed by atoms with E-state index in [4.69, 9.17) is 9.84 Å². The van der Waals surface area contributed by atoms with Crippen molar-refractivity contribution in [1.82, 2.24) is 16.0 Å². The maximum absolute atomic E-state index is 12.3. The van der Waals surface area contributed by atoms with Crippen LogP contribution in [0.25, 0.3) is 0 Å². The normalized spacial score (nSPS) is 13.7. The first-order valence-electron chi connectivity index (χ1n) is 9.48. The number of carboxylic acid groups (broad SMARTS) is 2. The van der Waals surface area contributed by atoms with E-state index in [0.29, 0.717) is 5.75 Å². The highest BCUT2D eigenvalue weighted by Crippen LogP contribution is 2.35. The molecule has 2 atom stereocenters. The van der Waals surface area contributed by atoms with Gasteiger partial charge in [0.25, 0.3) is 5.24 Å². The summed E-state index contributed by atoms with van der Waals surface area (Å²) in [5.41, 5.74) is -0.781. The Hall–Kier alpha value is -1.31. The van der Waals surface area contributed by atoms with E-state index in [9.17, 15) is 24.3 Å². The highest BCUT2D eigenvalue weighted by molar-refractivity contribution is 8.77. The monoisotopic (exact) mass is 499 g/mol. The standard InChI is InChI=1S/C18H33N3O7S3/c1-17(2,3)28-15(26)21-12(14(24)25)10-29-16(27)20-11(7-19-8-13(22)23)9-30-31-18(4,5)6/h11-12,19H,7-10H2,1-6H3,(H,20,27)(H,21,26)(H,22,23)(H,24,25)/t11-,12+/m1/s1. The van der Waals surface area contributed by atoms with Crippen LogP contribution in [0, 0.1) is 0 Å². The van der Waals surface area contributed by atoms with Crippen LogP contribution in [-0.4, -0.2) is 80.5 Å². The van der Waals surface area contributed by atoms with Crippen molar-refractivity contribution in [2.24, 2.45) is 0 Å². The highest BCUT2D eigenvalue weighted by Gasteiger charge is 2.25. The smallest absolute Gasteiger partial charge is 0.408 e. The summed E-state index contributed by atoms with van der Waals surface area (Å²) < 4.78 is 5.06. The zero-order valence-electron chi connectivity index (χ0n) is 18.6. The molecule has 0 fully saturated rings. The molecule has 0 radical (unpaired) electrons. The summed E-state index contributed by atoms with van der Waals surface area (Å²) in [5, 5.41) is 25.3. The van der Waals surface area contributed by atoms with Gasteiger partial charge in [0, 0.05) is 22.8 Å². The van der Waals surface area contributed by atoms with Crippen molar-refractivity contribution in [1.29, 1.82) is 0 Å². The van der Waals surface area contributed by atoms with Crippen LogP contribution in [-0.2, 0) is 14.3 Å². The molecule has 10 nitrogen and oxygen atoms in total. The molecule has 0 aromatic heterocycles. The summed E-state index contributed by atoms with van der Waals surface area (Å²) >= 11 is 0.719. The lowest BCUT2D eigenvalue weighted by molar-refractivity contribution is -0.139. The molecule has 0 aliphatic rings. The van der Waals surface area contributed by atoms with Gasteiger partial charge >= 0.3 is 18.0 Å². The van der Waals surface area contributed by atoms with E-state index in [0.717, 1.165) is 11.8 Å². The Labute approximate surface area is 195 Å². The third-order valence-electron chi connectivity index (χ3n) is 2.94. The molecule has 31 heavy (non-hydrogen) atoms. The Morgan fingerprint density at radius 1 is 0.968 bits per heavy atom. The van der Waals surface area contributed by atoms with Crippen molar-refractivity contribution in [2.45, 2.75) is 64.0 Å². The molecular formula is C18H33N3O7S3. The van der Waals surface area contributed by atoms with Crippen LogP contribution in [0.5, 0.6) is 0 Å². The van der Waals surface area contributed by atoms with Gasteiger partial charge in [-0.2, -0.15) is 0 Å². The lowest BCUT2D eigenvalue weighted by Crippen LogP contribution is -2.46. The number of amides is 2. The number of rotatable bonds is 12. The van der Waals surface area contributed by atoms with Crippen molar-refractivity contribution < 1.29 is 34.1 Å². The number of alkyl carbamates (subject to hydrolysis) is 1. The molecule has 0 aromatic rings. The lowest BCUT2D eigenvalue weighted by Gasteiger charge is -2.23. The number of aliphatic carboxylic acids is 2. The van der Waals surface area contributed by atoms with Gasteiger partial charge in [-0.3, -0.25) is 9.59 Å². The van der Waals surface area contributed by atoms with Gasteiger partial charge < -0.3 is 30.9 Å². The number of hydrogen-bond donors (Lipinski definition) is 5. The molecule has 0 unspecified atom stereocenters. The molecule has 2 amide bonds. The Morgan fingerprint density at radius 3 is 2.06 bits per heavy atom. The van der Waals surface area contributed by atoms with Crippen molar-refractivity contribution in [3.05, 3.63) is 0 Å². The molecule has 0 aliphatic carbocycles. The number of carbonyl (C=O) groups excluding carboxylic acids is 2. The van der Waals surface area contributed by atoms with Crippen LogP contribution in [0.2, 0.25) is 0 Å².